The van der Waals surface area contributed by atoms with Crippen molar-refractivity contribution in [2.75, 3.05) is 0 Å². The smallest absolute Gasteiger partial charge is 0.319 e. The monoisotopic (exact) mass is 240 g/mol. The second-order valence-electron chi connectivity index (χ2n) is 3.90. The predicted octanol–water partition coefficient (Wildman–Crippen LogP) is 1.01. The predicted molar refractivity (Wildman–Crippen MR) is 57.9 cm³/mol. The molecule has 1 saturated carbocycles. The topological polar surface area (TPSA) is 79.3 Å². The van der Waals surface area contributed by atoms with Crippen LogP contribution >= 0.6 is 11.3 Å². The van der Waals surface area contributed by atoms with Crippen LogP contribution in [0.15, 0.2) is 10.9 Å². The maximum Gasteiger partial charge on any atom is 0.319 e. The first-order chi connectivity index (χ1) is 7.65. The first kappa shape index (κ1) is 11.1. The Bertz CT molecular complexity index is 398. The molecular weight excluding hydrogens is 228 g/mol. The van der Waals surface area contributed by atoms with Crippen molar-refractivity contribution in [2.45, 2.75) is 25.8 Å². The van der Waals surface area contributed by atoms with Crippen molar-refractivity contribution in [3.05, 3.63) is 16.6 Å². The fraction of sp³-hybridized carbons (Fsp3) is 0.500. The number of carbonyl (C=O) groups excluding carboxylic acids is 1. The number of nitrogens with one attached hydrogen (secondary N) is 1. The Labute approximate surface area is 96.5 Å². The van der Waals surface area contributed by atoms with Crippen LogP contribution < -0.4 is 5.32 Å². The van der Waals surface area contributed by atoms with Gasteiger partial charge >= 0.3 is 5.97 Å². The molecule has 1 aromatic heterocycles. The van der Waals surface area contributed by atoms with Crippen LogP contribution in [-0.2, 0) is 16.1 Å². The maximum absolute atomic E-state index is 11.8. The second kappa shape index (κ2) is 4.21. The first-order valence-electron chi connectivity index (χ1n) is 5.04. The normalized spacial score (nSPS) is 17.5. The molecule has 0 unspecified atom stereocenters. The molecule has 0 radical (unpaired) electrons. The minimum absolute atomic E-state index is 0.303. The molecular formula is C10H12N2O3S. The molecule has 1 aromatic rings. The number of carboxylic acids is 1. The lowest BCUT2D eigenvalue weighted by Gasteiger charge is -2.35. The molecule has 1 aliphatic carbocycles. The average Bonchev–Trinajstić information content (AvgIpc) is 2.64. The third kappa shape index (κ3) is 1.80. The van der Waals surface area contributed by atoms with Gasteiger partial charge in [-0.1, -0.05) is 6.42 Å². The van der Waals surface area contributed by atoms with Crippen molar-refractivity contribution >= 4 is 23.2 Å². The third-order valence-corrected chi connectivity index (χ3v) is 3.60. The summed E-state index contributed by atoms with van der Waals surface area (Å²) in [5.74, 6) is -1.41. The summed E-state index contributed by atoms with van der Waals surface area (Å²) in [5.41, 5.74) is 1.26. The average molecular weight is 240 g/mol. The molecule has 0 spiro atoms. The molecule has 5 nitrogen and oxygen atoms in total. The lowest BCUT2D eigenvalue weighted by molar-refractivity contribution is -0.162. The van der Waals surface area contributed by atoms with E-state index in [1.165, 1.54) is 11.3 Å². The van der Waals surface area contributed by atoms with Crippen molar-refractivity contribution in [2.24, 2.45) is 5.41 Å². The number of hydrogen-bond acceptors (Lipinski definition) is 4. The Morgan fingerprint density at radius 1 is 1.56 bits per heavy atom. The van der Waals surface area contributed by atoms with Crippen LogP contribution in [0.5, 0.6) is 0 Å². The van der Waals surface area contributed by atoms with E-state index in [0.29, 0.717) is 19.4 Å². The molecule has 16 heavy (non-hydrogen) atoms. The molecule has 86 valence electrons. The summed E-state index contributed by atoms with van der Waals surface area (Å²) >= 11 is 1.45. The Hall–Kier alpha value is -1.43. The van der Waals surface area contributed by atoms with Crippen LogP contribution in [0.4, 0.5) is 0 Å². The zero-order valence-corrected chi connectivity index (χ0v) is 9.42. The number of thiazole rings is 1. The Morgan fingerprint density at radius 2 is 2.31 bits per heavy atom. The van der Waals surface area contributed by atoms with Gasteiger partial charge in [0.15, 0.2) is 0 Å². The van der Waals surface area contributed by atoms with Gasteiger partial charge in [0.05, 0.1) is 17.7 Å². The number of hydrogen-bond donors (Lipinski definition) is 2. The van der Waals surface area contributed by atoms with Crippen LogP contribution in [0.2, 0.25) is 0 Å². The molecule has 0 saturated heterocycles. The molecule has 1 aliphatic rings. The highest BCUT2D eigenvalue weighted by Crippen LogP contribution is 2.41. The quantitative estimate of drug-likeness (QED) is 0.770. The van der Waals surface area contributed by atoms with Gasteiger partial charge in [0, 0.05) is 5.38 Å². The van der Waals surface area contributed by atoms with Crippen LogP contribution in [-0.4, -0.2) is 22.0 Å². The van der Waals surface area contributed by atoms with E-state index in [0.717, 1.165) is 12.1 Å². The number of aromatic nitrogens is 1. The summed E-state index contributed by atoms with van der Waals surface area (Å²) in [6.07, 6.45) is 1.67. The van der Waals surface area contributed by atoms with Gasteiger partial charge in [-0.2, -0.15) is 0 Å². The summed E-state index contributed by atoms with van der Waals surface area (Å²) in [7, 11) is 0. The fourth-order valence-corrected chi connectivity index (χ4v) is 2.29. The summed E-state index contributed by atoms with van der Waals surface area (Å²) in [4.78, 5) is 26.8. The van der Waals surface area contributed by atoms with Crippen molar-refractivity contribution < 1.29 is 14.7 Å². The summed E-state index contributed by atoms with van der Waals surface area (Å²) in [6.45, 7) is 0.303. The zero-order valence-electron chi connectivity index (χ0n) is 8.60. The van der Waals surface area contributed by atoms with E-state index in [2.05, 4.69) is 10.3 Å². The molecule has 2 rings (SSSR count). The lowest BCUT2D eigenvalue weighted by atomic mass is 9.68. The van der Waals surface area contributed by atoms with Crippen molar-refractivity contribution in [1.82, 2.24) is 10.3 Å². The molecule has 1 amide bonds. The third-order valence-electron chi connectivity index (χ3n) is 2.96. The van der Waals surface area contributed by atoms with E-state index < -0.39 is 11.4 Å². The molecule has 0 aromatic carbocycles. The SMILES string of the molecule is O=C(O)C1(C(=O)NCc2cscn2)CCC1. The van der Waals surface area contributed by atoms with Crippen LogP contribution in [0.25, 0.3) is 0 Å². The van der Waals surface area contributed by atoms with Crippen LogP contribution in [0.3, 0.4) is 0 Å². The first-order valence-corrected chi connectivity index (χ1v) is 5.98. The minimum atomic E-state index is -1.18. The molecule has 2 N–H and O–H groups in total. The standard InChI is InChI=1S/C10H12N2O3S/c13-8(10(9(14)15)2-1-3-10)11-4-7-5-16-6-12-7/h5-6H,1-4H2,(H,11,13)(H,14,15). The summed E-state index contributed by atoms with van der Waals surface area (Å²) in [6, 6.07) is 0. The number of nitrogens with zero attached hydrogens (tertiary/aromatic N) is 1. The number of rotatable bonds is 4. The highest BCUT2D eigenvalue weighted by Gasteiger charge is 2.50. The van der Waals surface area contributed by atoms with Gasteiger partial charge in [-0.15, -0.1) is 11.3 Å². The molecule has 1 fully saturated rings. The van der Waals surface area contributed by atoms with Crippen molar-refractivity contribution in [1.29, 1.82) is 0 Å². The minimum Gasteiger partial charge on any atom is -0.480 e. The zero-order chi connectivity index (χ0) is 11.6. The molecule has 0 bridgehead atoms. The van der Waals surface area contributed by atoms with Crippen LogP contribution in [0.1, 0.15) is 25.0 Å². The largest absolute Gasteiger partial charge is 0.480 e. The summed E-state index contributed by atoms with van der Waals surface area (Å²) in [5, 5.41) is 13.5. The Balaban J connectivity index is 1.95. The van der Waals surface area contributed by atoms with E-state index in [-0.39, 0.29) is 5.91 Å². The molecule has 0 atom stereocenters. The van der Waals surface area contributed by atoms with Crippen LogP contribution in [0, 0.1) is 5.41 Å². The Kier molecular flexibility index (Phi) is 2.91. The molecule has 6 heteroatoms. The van der Waals surface area contributed by atoms with E-state index >= 15 is 0 Å². The fourth-order valence-electron chi connectivity index (χ4n) is 1.73. The maximum atomic E-state index is 11.8. The summed E-state index contributed by atoms with van der Waals surface area (Å²) < 4.78 is 0. The molecule has 0 aliphatic heterocycles. The van der Waals surface area contributed by atoms with Crippen molar-refractivity contribution in [3.63, 3.8) is 0 Å². The van der Waals surface area contributed by atoms with E-state index in [1.54, 1.807) is 5.51 Å². The van der Waals surface area contributed by atoms with Gasteiger partial charge in [-0.25, -0.2) is 4.98 Å². The molecule has 1 heterocycles. The highest BCUT2D eigenvalue weighted by molar-refractivity contribution is 7.07. The van der Waals surface area contributed by atoms with Gasteiger partial charge in [0.1, 0.15) is 5.41 Å². The second-order valence-corrected chi connectivity index (χ2v) is 4.62. The van der Waals surface area contributed by atoms with E-state index in [4.69, 9.17) is 5.11 Å². The van der Waals surface area contributed by atoms with Gasteiger partial charge < -0.3 is 10.4 Å². The number of carbonyl (C=O) groups is 2. The van der Waals surface area contributed by atoms with Crippen molar-refractivity contribution in [3.8, 4) is 0 Å². The highest BCUT2D eigenvalue weighted by atomic mass is 32.1. The van der Waals surface area contributed by atoms with Gasteiger partial charge in [0.2, 0.25) is 5.91 Å². The van der Waals surface area contributed by atoms with Gasteiger partial charge in [0.25, 0.3) is 0 Å². The van der Waals surface area contributed by atoms with E-state index in [9.17, 15) is 9.59 Å². The Morgan fingerprint density at radius 3 is 2.75 bits per heavy atom. The number of carboxylic acid groups (broad SMARTS) is 1. The number of amides is 1. The van der Waals surface area contributed by atoms with E-state index in [1.807, 2.05) is 5.38 Å². The van der Waals surface area contributed by atoms with Gasteiger partial charge in [-0.05, 0) is 12.8 Å². The van der Waals surface area contributed by atoms with Gasteiger partial charge in [-0.3, -0.25) is 9.59 Å². The lowest BCUT2D eigenvalue weighted by Crippen LogP contribution is -2.50. The number of aliphatic carboxylic acids is 1.